The van der Waals surface area contributed by atoms with E-state index in [4.69, 9.17) is 0 Å². The Labute approximate surface area is 87.0 Å². The maximum atomic E-state index is 2.21. The second kappa shape index (κ2) is 8.31. The summed E-state index contributed by atoms with van der Waals surface area (Å²) in [6.07, 6.45) is 26.0. The minimum absolute atomic E-state index is 1.04. The molecule has 0 fully saturated rings. The summed E-state index contributed by atoms with van der Waals surface area (Å²) in [5.74, 6) is 0. The minimum Gasteiger partial charge on any atom is -0.0844 e. The van der Waals surface area contributed by atoms with Gasteiger partial charge in [0.1, 0.15) is 0 Å². The highest BCUT2D eigenvalue weighted by Gasteiger charge is 1.75. The highest BCUT2D eigenvalue weighted by atomic mass is 13.8. The van der Waals surface area contributed by atoms with Gasteiger partial charge in [-0.3, -0.25) is 0 Å². The fraction of sp³-hybridized carbons (Fsp3) is 0.286. The molecule has 0 spiro atoms. The molecule has 74 valence electrons. The van der Waals surface area contributed by atoms with Crippen LogP contribution in [0.3, 0.4) is 0 Å². The lowest BCUT2D eigenvalue weighted by atomic mass is 10.2. The van der Waals surface area contributed by atoms with Crippen LogP contribution in [0.5, 0.6) is 0 Å². The highest BCUT2D eigenvalue weighted by molar-refractivity contribution is 5.08. The Kier molecular flexibility index (Phi) is 6.39. The predicted molar refractivity (Wildman–Crippen MR) is 64.2 cm³/mol. The van der Waals surface area contributed by atoms with Crippen LogP contribution in [-0.4, -0.2) is 0 Å². The molecule has 0 atom stereocenters. The average molecular weight is 186 g/mol. The number of hydrogen-bond donors (Lipinski definition) is 0. The molecule has 0 aromatic carbocycles. The van der Waals surface area contributed by atoms with Crippen molar-refractivity contribution >= 4 is 0 Å². The number of allylic oxidation sites excluding steroid dienone is 10. The average Bonchev–Trinajstić information content (AvgIpc) is 2.22. The smallest absolute Gasteiger partial charge is 0.0166 e. The summed E-state index contributed by atoms with van der Waals surface area (Å²) in [5, 5.41) is 0. The van der Waals surface area contributed by atoms with Gasteiger partial charge in [0.25, 0.3) is 0 Å². The van der Waals surface area contributed by atoms with Crippen LogP contribution >= 0.6 is 0 Å². The molecule has 0 nitrogen and oxygen atoms in total. The maximum absolute atomic E-state index is 2.21. The zero-order valence-corrected chi connectivity index (χ0v) is 8.60. The topological polar surface area (TPSA) is 0 Å². The van der Waals surface area contributed by atoms with Crippen molar-refractivity contribution in [3.8, 4) is 0 Å². The molecule has 1 rings (SSSR count). The van der Waals surface area contributed by atoms with Crippen LogP contribution in [0.2, 0.25) is 0 Å². The van der Waals surface area contributed by atoms with Gasteiger partial charge in [0.2, 0.25) is 0 Å². The summed E-state index contributed by atoms with van der Waals surface area (Å²) in [6, 6.07) is 0. The lowest BCUT2D eigenvalue weighted by molar-refractivity contribution is 1.26. The van der Waals surface area contributed by atoms with Crippen LogP contribution in [0, 0.1) is 0 Å². The summed E-state index contributed by atoms with van der Waals surface area (Å²) in [4.78, 5) is 0. The van der Waals surface area contributed by atoms with Crippen LogP contribution in [0.15, 0.2) is 60.8 Å². The SMILES string of the molecule is C1=CC/C=C/C/C=C/C=C\C/C=C/C1. The molecule has 0 amide bonds. The second-order valence-corrected chi connectivity index (χ2v) is 3.21. The quantitative estimate of drug-likeness (QED) is 0.494. The maximum Gasteiger partial charge on any atom is -0.0166 e. The summed E-state index contributed by atoms with van der Waals surface area (Å²) < 4.78 is 0. The van der Waals surface area contributed by atoms with E-state index in [-0.39, 0.29) is 0 Å². The van der Waals surface area contributed by atoms with Gasteiger partial charge in [-0.2, -0.15) is 0 Å². The second-order valence-electron chi connectivity index (χ2n) is 3.21. The lowest BCUT2D eigenvalue weighted by Gasteiger charge is -1.86. The first-order valence-electron chi connectivity index (χ1n) is 5.27. The van der Waals surface area contributed by atoms with Gasteiger partial charge in [0.05, 0.1) is 0 Å². The fourth-order valence-electron chi connectivity index (χ4n) is 1.21. The monoisotopic (exact) mass is 186 g/mol. The molecule has 0 aromatic rings. The molecule has 1 aliphatic rings. The largest absolute Gasteiger partial charge is 0.0844 e. The van der Waals surface area contributed by atoms with Crippen molar-refractivity contribution in [2.45, 2.75) is 25.7 Å². The zero-order chi connectivity index (χ0) is 9.90. The van der Waals surface area contributed by atoms with E-state index in [1.54, 1.807) is 0 Å². The first kappa shape index (κ1) is 10.8. The van der Waals surface area contributed by atoms with E-state index in [1.165, 1.54) is 0 Å². The normalized spacial score (nSPS) is 27.4. The van der Waals surface area contributed by atoms with Crippen molar-refractivity contribution in [2.24, 2.45) is 0 Å². The van der Waals surface area contributed by atoms with Gasteiger partial charge in [-0.25, -0.2) is 0 Å². The standard InChI is InChI=1S/C14H18/c1-2-4-6-8-10-12-14-13-11-9-7-5-3-1/h1-4,7-10,13-14H,5-6,11-12H2/b3-1-,4-2+,9-7+,10-8+,14-13?. The van der Waals surface area contributed by atoms with E-state index in [0.29, 0.717) is 0 Å². The van der Waals surface area contributed by atoms with Crippen molar-refractivity contribution in [1.29, 1.82) is 0 Å². The van der Waals surface area contributed by atoms with Crippen molar-refractivity contribution in [3.63, 3.8) is 0 Å². The molecule has 0 heterocycles. The Balaban J connectivity index is 2.45. The Morgan fingerprint density at radius 3 is 1.00 bits per heavy atom. The first-order valence-corrected chi connectivity index (χ1v) is 5.27. The van der Waals surface area contributed by atoms with Crippen LogP contribution in [0.25, 0.3) is 0 Å². The molecule has 0 N–H and O–H groups in total. The van der Waals surface area contributed by atoms with Crippen LogP contribution in [0.1, 0.15) is 25.7 Å². The third-order valence-electron chi connectivity index (χ3n) is 1.97. The summed E-state index contributed by atoms with van der Waals surface area (Å²) in [5.41, 5.74) is 0. The minimum atomic E-state index is 1.04. The zero-order valence-electron chi connectivity index (χ0n) is 8.60. The molecule has 0 bridgehead atoms. The molecule has 0 aromatic heterocycles. The van der Waals surface area contributed by atoms with Crippen molar-refractivity contribution in [3.05, 3.63) is 60.8 Å². The molecule has 0 radical (unpaired) electrons. The van der Waals surface area contributed by atoms with Gasteiger partial charge in [-0.05, 0) is 25.7 Å². The van der Waals surface area contributed by atoms with E-state index in [1.807, 2.05) is 0 Å². The first-order chi connectivity index (χ1) is 7.00. The lowest BCUT2D eigenvalue weighted by Crippen LogP contribution is -1.65. The van der Waals surface area contributed by atoms with Gasteiger partial charge in [-0.1, -0.05) is 60.8 Å². The van der Waals surface area contributed by atoms with Crippen LogP contribution in [-0.2, 0) is 0 Å². The predicted octanol–water partition coefficient (Wildman–Crippen LogP) is 4.34. The van der Waals surface area contributed by atoms with Crippen molar-refractivity contribution < 1.29 is 0 Å². The van der Waals surface area contributed by atoms with Crippen molar-refractivity contribution in [2.75, 3.05) is 0 Å². The molecular weight excluding hydrogens is 168 g/mol. The Morgan fingerprint density at radius 1 is 0.357 bits per heavy atom. The van der Waals surface area contributed by atoms with Gasteiger partial charge in [0, 0.05) is 0 Å². The van der Waals surface area contributed by atoms with E-state index in [0.717, 1.165) is 25.7 Å². The molecular formula is C14H18. The summed E-state index contributed by atoms with van der Waals surface area (Å²) in [6.45, 7) is 0. The van der Waals surface area contributed by atoms with E-state index < -0.39 is 0 Å². The fourth-order valence-corrected chi connectivity index (χ4v) is 1.21. The third kappa shape index (κ3) is 6.24. The molecule has 0 aliphatic heterocycles. The highest BCUT2D eigenvalue weighted by Crippen LogP contribution is 1.96. The molecule has 0 saturated heterocycles. The van der Waals surface area contributed by atoms with Gasteiger partial charge in [-0.15, -0.1) is 0 Å². The Hall–Kier alpha value is -1.30. The number of rotatable bonds is 0. The molecule has 1 aliphatic carbocycles. The molecule has 0 heteroatoms. The van der Waals surface area contributed by atoms with E-state index in [9.17, 15) is 0 Å². The van der Waals surface area contributed by atoms with Crippen molar-refractivity contribution in [1.82, 2.24) is 0 Å². The van der Waals surface area contributed by atoms with Gasteiger partial charge < -0.3 is 0 Å². The molecule has 0 unspecified atom stereocenters. The summed E-state index contributed by atoms with van der Waals surface area (Å²) in [7, 11) is 0. The Bertz CT molecular complexity index is 234. The number of hydrogen-bond acceptors (Lipinski definition) is 0. The van der Waals surface area contributed by atoms with Gasteiger partial charge in [0.15, 0.2) is 0 Å². The summed E-state index contributed by atoms with van der Waals surface area (Å²) >= 11 is 0. The molecule has 14 heavy (non-hydrogen) atoms. The van der Waals surface area contributed by atoms with E-state index in [2.05, 4.69) is 60.8 Å². The molecule has 0 saturated carbocycles. The van der Waals surface area contributed by atoms with Crippen LogP contribution in [0.4, 0.5) is 0 Å². The van der Waals surface area contributed by atoms with Crippen LogP contribution < -0.4 is 0 Å². The van der Waals surface area contributed by atoms with E-state index >= 15 is 0 Å². The Morgan fingerprint density at radius 2 is 0.643 bits per heavy atom. The van der Waals surface area contributed by atoms with Gasteiger partial charge >= 0.3 is 0 Å². The third-order valence-corrected chi connectivity index (χ3v) is 1.97.